The zero-order chi connectivity index (χ0) is 16.8. The van der Waals surface area contributed by atoms with Crippen LogP contribution >= 0.6 is 22.9 Å². The van der Waals surface area contributed by atoms with Crippen LogP contribution in [0.4, 0.5) is 5.13 Å². The van der Waals surface area contributed by atoms with Gasteiger partial charge in [0.25, 0.3) is 5.91 Å². The van der Waals surface area contributed by atoms with Crippen LogP contribution in [0.2, 0.25) is 5.02 Å². The monoisotopic (exact) mass is 352 g/mol. The number of nitrogen functional groups attached to an aromatic ring is 1. The maximum absolute atomic E-state index is 12.0. The largest absolute Gasteiger partial charge is 0.492 e. The van der Waals surface area contributed by atoms with Crippen molar-refractivity contribution < 1.29 is 9.53 Å². The maximum atomic E-state index is 12.0. The topological polar surface area (TPSA) is 89.6 Å². The van der Waals surface area contributed by atoms with Gasteiger partial charge in [-0.2, -0.15) is 5.10 Å². The number of thiazole rings is 1. The van der Waals surface area contributed by atoms with Gasteiger partial charge in [-0.05, 0) is 37.1 Å². The molecule has 2 aromatic rings. The minimum atomic E-state index is -0.345. The molecule has 0 unspecified atom stereocenters. The molecule has 1 aromatic heterocycles. The van der Waals surface area contributed by atoms with E-state index in [4.69, 9.17) is 22.1 Å². The molecule has 3 N–H and O–H groups in total. The number of aromatic nitrogens is 1. The predicted octanol–water partition coefficient (Wildman–Crippen LogP) is 3.24. The highest BCUT2D eigenvalue weighted by Gasteiger charge is 2.13. The Bertz CT molecular complexity index is 730. The van der Waals surface area contributed by atoms with E-state index in [1.54, 1.807) is 19.1 Å². The van der Waals surface area contributed by atoms with Crippen LogP contribution in [0.25, 0.3) is 0 Å². The third-order valence-electron chi connectivity index (χ3n) is 2.82. The van der Waals surface area contributed by atoms with Crippen molar-refractivity contribution in [3.05, 3.63) is 39.4 Å². The average molecular weight is 353 g/mol. The number of halogens is 1. The average Bonchev–Trinajstić information content (AvgIpc) is 2.85. The van der Waals surface area contributed by atoms with Gasteiger partial charge in [0.1, 0.15) is 10.6 Å². The molecule has 8 heteroatoms. The Balaban J connectivity index is 1.99. The molecular formula is C15H17ClN4O2S. The van der Waals surface area contributed by atoms with Crippen LogP contribution in [0, 0.1) is 6.92 Å². The second-order valence-electron chi connectivity index (χ2n) is 4.70. The van der Waals surface area contributed by atoms with Crippen molar-refractivity contribution in [2.45, 2.75) is 20.3 Å². The van der Waals surface area contributed by atoms with Gasteiger partial charge < -0.3 is 10.5 Å². The summed E-state index contributed by atoms with van der Waals surface area (Å²) in [5.41, 5.74) is 9.34. The van der Waals surface area contributed by atoms with Crippen LogP contribution in [0.15, 0.2) is 23.3 Å². The molecule has 2 rings (SSSR count). The minimum Gasteiger partial charge on any atom is -0.492 e. The number of benzene rings is 1. The van der Waals surface area contributed by atoms with Crippen LogP contribution in [0.3, 0.4) is 0 Å². The number of nitrogens with two attached hydrogens (primary N) is 1. The number of carbonyl (C=O) groups excluding carboxylic acids is 1. The summed E-state index contributed by atoms with van der Waals surface area (Å²) in [6, 6.07) is 5.30. The van der Waals surface area contributed by atoms with E-state index < -0.39 is 0 Å². The van der Waals surface area contributed by atoms with Gasteiger partial charge in [0, 0.05) is 0 Å². The molecule has 0 atom stereocenters. The fourth-order valence-corrected chi connectivity index (χ4v) is 2.74. The van der Waals surface area contributed by atoms with Crippen molar-refractivity contribution in [3.63, 3.8) is 0 Å². The zero-order valence-electron chi connectivity index (χ0n) is 12.8. The lowest BCUT2D eigenvalue weighted by atomic mass is 10.2. The number of nitrogens with one attached hydrogen (secondary N) is 1. The number of hydrazone groups is 1. The third kappa shape index (κ3) is 4.67. The number of rotatable bonds is 6. The van der Waals surface area contributed by atoms with Crippen LogP contribution in [0.5, 0.6) is 5.75 Å². The lowest BCUT2D eigenvalue weighted by molar-refractivity contribution is 0.0958. The van der Waals surface area contributed by atoms with Crippen molar-refractivity contribution in [1.82, 2.24) is 10.4 Å². The van der Waals surface area contributed by atoms with E-state index >= 15 is 0 Å². The Kier molecular flexibility index (Phi) is 5.95. The highest BCUT2D eigenvalue weighted by atomic mass is 35.5. The van der Waals surface area contributed by atoms with E-state index in [0.717, 1.165) is 23.3 Å². The molecule has 0 radical (unpaired) electrons. The third-order valence-corrected chi connectivity index (χ3v) is 4.10. The maximum Gasteiger partial charge on any atom is 0.283 e. The van der Waals surface area contributed by atoms with Crippen LogP contribution in [-0.4, -0.2) is 23.7 Å². The number of nitrogens with zero attached hydrogens (tertiary/aromatic N) is 2. The zero-order valence-corrected chi connectivity index (χ0v) is 14.4. The van der Waals surface area contributed by atoms with Gasteiger partial charge in [-0.1, -0.05) is 29.9 Å². The summed E-state index contributed by atoms with van der Waals surface area (Å²) in [5.74, 6) is 0.285. The Morgan fingerprint density at radius 3 is 2.96 bits per heavy atom. The number of hydrogen-bond donors (Lipinski definition) is 2. The highest BCUT2D eigenvalue weighted by Crippen LogP contribution is 2.25. The Morgan fingerprint density at radius 2 is 2.35 bits per heavy atom. The SMILES string of the molecule is CCCOc1ccc(/C=N\NC(=O)c2sc(N)nc2C)cc1Cl. The summed E-state index contributed by atoms with van der Waals surface area (Å²) < 4.78 is 5.49. The molecule has 0 fully saturated rings. The van der Waals surface area contributed by atoms with Crippen molar-refractivity contribution in [2.75, 3.05) is 12.3 Å². The van der Waals surface area contributed by atoms with E-state index in [1.165, 1.54) is 6.21 Å². The number of carbonyl (C=O) groups is 1. The smallest absolute Gasteiger partial charge is 0.283 e. The first kappa shape index (κ1) is 17.2. The molecule has 0 aliphatic rings. The molecule has 1 heterocycles. The standard InChI is InChI=1S/C15H17ClN4O2S/c1-3-6-22-12-5-4-10(7-11(12)16)8-18-20-14(21)13-9(2)19-15(17)23-13/h4-5,7-8H,3,6H2,1-2H3,(H2,17,19)(H,20,21)/b18-8-. The van der Waals surface area contributed by atoms with Gasteiger partial charge in [0.2, 0.25) is 0 Å². The first-order chi connectivity index (χ1) is 11.0. The van der Waals surface area contributed by atoms with Crippen LogP contribution < -0.4 is 15.9 Å². The molecule has 0 saturated heterocycles. The van der Waals surface area contributed by atoms with E-state index in [1.807, 2.05) is 13.0 Å². The number of aryl methyl sites for hydroxylation is 1. The Labute approximate surface area is 143 Å². The molecule has 0 aliphatic heterocycles. The second kappa shape index (κ2) is 7.94. The number of ether oxygens (including phenoxy) is 1. The van der Waals surface area contributed by atoms with Crippen molar-refractivity contribution in [3.8, 4) is 5.75 Å². The van der Waals surface area contributed by atoms with Gasteiger partial charge in [-0.3, -0.25) is 4.79 Å². The van der Waals surface area contributed by atoms with E-state index in [9.17, 15) is 4.79 Å². The summed E-state index contributed by atoms with van der Waals surface area (Å²) in [6.45, 7) is 4.36. The van der Waals surface area contributed by atoms with Crippen molar-refractivity contribution >= 4 is 40.2 Å². The van der Waals surface area contributed by atoms with Gasteiger partial charge in [0.05, 0.1) is 23.5 Å². The van der Waals surface area contributed by atoms with E-state index in [0.29, 0.717) is 33.1 Å². The lowest BCUT2D eigenvalue weighted by Crippen LogP contribution is -2.17. The summed E-state index contributed by atoms with van der Waals surface area (Å²) in [6.07, 6.45) is 2.42. The molecule has 1 amide bonds. The minimum absolute atomic E-state index is 0.345. The molecular weight excluding hydrogens is 336 g/mol. The van der Waals surface area contributed by atoms with Gasteiger partial charge >= 0.3 is 0 Å². The first-order valence-electron chi connectivity index (χ1n) is 7.00. The molecule has 0 bridgehead atoms. The molecule has 122 valence electrons. The summed E-state index contributed by atoms with van der Waals surface area (Å²) in [4.78, 5) is 16.4. The Hall–Kier alpha value is -2.12. The fraction of sp³-hybridized carbons (Fsp3) is 0.267. The van der Waals surface area contributed by atoms with Crippen molar-refractivity contribution in [1.29, 1.82) is 0 Å². The Morgan fingerprint density at radius 1 is 1.57 bits per heavy atom. The molecule has 0 spiro atoms. The quantitative estimate of drug-likeness (QED) is 0.617. The highest BCUT2D eigenvalue weighted by molar-refractivity contribution is 7.17. The molecule has 0 aliphatic carbocycles. The molecule has 1 aromatic carbocycles. The van der Waals surface area contributed by atoms with Gasteiger partial charge in [-0.15, -0.1) is 0 Å². The summed E-state index contributed by atoms with van der Waals surface area (Å²) in [5, 5.41) is 4.77. The van der Waals surface area contributed by atoms with Gasteiger partial charge in [0.15, 0.2) is 5.13 Å². The summed E-state index contributed by atoms with van der Waals surface area (Å²) >= 11 is 7.26. The molecule has 6 nitrogen and oxygen atoms in total. The first-order valence-corrected chi connectivity index (χ1v) is 8.19. The predicted molar refractivity (Wildman–Crippen MR) is 93.6 cm³/mol. The number of hydrogen-bond acceptors (Lipinski definition) is 6. The van der Waals surface area contributed by atoms with Crippen molar-refractivity contribution in [2.24, 2.45) is 5.10 Å². The van der Waals surface area contributed by atoms with Crippen LogP contribution in [0.1, 0.15) is 34.3 Å². The van der Waals surface area contributed by atoms with E-state index in [-0.39, 0.29) is 5.91 Å². The molecule has 0 saturated carbocycles. The van der Waals surface area contributed by atoms with Gasteiger partial charge in [-0.25, -0.2) is 10.4 Å². The number of anilines is 1. The lowest BCUT2D eigenvalue weighted by Gasteiger charge is -2.06. The normalized spacial score (nSPS) is 10.9. The van der Waals surface area contributed by atoms with Crippen LogP contribution in [-0.2, 0) is 0 Å². The molecule has 23 heavy (non-hydrogen) atoms. The fourth-order valence-electron chi connectivity index (χ4n) is 1.77. The second-order valence-corrected chi connectivity index (χ2v) is 6.14. The number of amides is 1. The van der Waals surface area contributed by atoms with E-state index in [2.05, 4.69) is 15.5 Å². The summed E-state index contributed by atoms with van der Waals surface area (Å²) in [7, 11) is 0.